The van der Waals surface area contributed by atoms with E-state index >= 15 is 0 Å². The lowest BCUT2D eigenvalue weighted by Crippen LogP contribution is -2.25. The molecule has 0 saturated heterocycles. The molecule has 1 aliphatic carbocycles. The van der Waals surface area contributed by atoms with E-state index in [0.717, 1.165) is 43.8 Å². The Morgan fingerprint density at radius 3 is 3.10 bits per heavy atom. The average Bonchev–Trinajstić information content (AvgIpc) is 2.92. The second-order valence-corrected chi connectivity index (χ2v) is 5.97. The second kappa shape index (κ2) is 7.00. The highest BCUT2D eigenvalue weighted by molar-refractivity contribution is 5.30. The number of aromatic nitrogens is 3. The summed E-state index contributed by atoms with van der Waals surface area (Å²) in [6.07, 6.45) is 12.5. The van der Waals surface area contributed by atoms with Gasteiger partial charge in [-0.15, -0.1) is 0 Å². The second-order valence-electron chi connectivity index (χ2n) is 5.97. The van der Waals surface area contributed by atoms with Crippen molar-refractivity contribution >= 4 is 5.78 Å². The van der Waals surface area contributed by atoms with Gasteiger partial charge in [-0.3, -0.25) is 4.40 Å². The summed E-state index contributed by atoms with van der Waals surface area (Å²) in [6.45, 7) is 1.79. The van der Waals surface area contributed by atoms with Crippen LogP contribution in [0.25, 0.3) is 5.78 Å². The molecule has 0 radical (unpaired) electrons. The molecular weight excluding hydrogens is 264 g/mol. The van der Waals surface area contributed by atoms with E-state index in [-0.39, 0.29) is 6.10 Å². The maximum atomic E-state index is 9.96. The summed E-state index contributed by atoms with van der Waals surface area (Å²) in [5.74, 6) is 1.26. The van der Waals surface area contributed by atoms with Gasteiger partial charge in [-0.1, -0.05) is 12.8 Å². The lowest BCUT2D eigenvalue weighted by atomic mass is 9.83. The lowest BCUT2D eigenvalue weighted by Gasteiger charge is -2.27. The number of nitrogens with zero attached hydrogens (tertiary/aromatic N) is 3. The van der Waals surface area contributed by atoms with Crippen LogP contribution in [0.3, 0.4) is 0 Å². The Kier molecular flexibility index (Phi) is 4.83. The van der Waals surface area contributed by atoms with Gasteiger partial charge in [0.25, 0.3) is 0 Å². The van der Waals surface area contributed by atoms with Crippen LogP contribution >= 0.6 is 0 Å². The molecule has 21 heavy (non-hydrogen) atoms. The highest BCUT2D eigenvalue weighted by Gasteiger charge is 2.22. The maximum Gasteiger partial charge on any atom is 0.233 e. The lowest BCUT2D eigenvalue weighted by molar-refractivity contribution is 0.0643. The number of hydrogen-bond donors (Lipinski definition) is 2. The van der Waals surface area contributed by atoms with Gasteiger partial charge in [0.1, 0.15) is 0 Å². The first-order valence-electron chi connectivity index (χ1n) is 8.00. The van der Waals surface area contributed by atoms with Crippen molar-refractivity contribution in [2.75, 3.05) is 6.54 Å². The van der Waals surface area contributed by atoms with E-state index in [1.165, 1.54) is 19.3 Å². The summed E-state index contributed by atoms with van der Waals surface area (Å²) in [5, 5.41) is 13.4. The fraction of sp³-hybridized carbons (Fsp3) is 0.625. The van der Waals surface area contributed by atoms with Crippen molar-refractivity contribution in [2.45, 2.75) is 51.2 Å². The van der Waals surface area contributed by atoms with Crippen molar-refractivity contribution in [3.8, 4) is 0 Å². The van der Waals surface area contributed by atoms with Gasteiger partial charge in [0.2, 0.25) is 5.78 Å². The number of aliphatic hydroxyl groups excluding tert-OH is 1. The van der Waals surface area contributed by atoms with Crippen molar-refractivity contribution in [3.63, 3.8) is 0 Å². The monoisotopic (exact) mass is 288 g/mol. The van der Waals surface area contributed by atoms with Crippen LogP contribution < -0.4 is 5.32 Å². The summed E-state index contributed by atoms with van der Waals surface area (Å²) >= 11 is 0. The molecule has 2 atom stereocenters. The topological polar surface area (TPSA) is 62.5 Å². The smallest absolute Gasteiger partial charge is 0.233 e. The standard InChI is InChI=1S/C16H24N4O/c21-15-7-2-1-5-13(15)6-3-8-17-11-14-12-19-16-18-9-4-10-20(14)16/h4,9-10,12-13,15,17,21H,1-3,5-8,11H2. The van der Waals surface area contributed by atoms with Crippen LogP contribution in [0, 0.1) is 5.92 Å². The Labute approximate surface area is 125 Å². The van der Waals surface area contributed by atoms with Crippen LogP contribution in [-0.4, -0.2) is 32.1 Å². The highest BCUT2D eigenvalue weighted by Crippen LogP contribution is 2.27. The van der Waals surface area contributed by atoms with Gasteiger partial charge in [-0.25, -0.2) is 9.97 Å². The predicted octanol–water partition coefficient (Wildman–Crippen LogP) is 2.15. The quantitative estimate of drug-likeness (QED) is 0.800. The molecule has 2 aromatic heterocycles. The molecule has 1 aliphatic rings. The number of rotatable bonds is 6. The van der Waals surface area contributed by atoms with Gasteiger partial charge in [0.05, 0.1) is 18.0 Å². The van der Waals surface area contributed by atoms with Crippen LogP contribution in [0.4, 0.5) is 0 Å². The van der Waals surface area contributed by atoms with E-state index in [4.69, 9.17) is 0 Å². The Hall–Kier alpha value is -1.46. The predicted molar refractivity (Wildman–Crippen MR) is 81.9 cm³/mol. The van der Waals surface area contributed by atoms with Crippen LogP contribution in [0.2, 0.25) is 0 Å². The van der Waals surface area contributed by atoms with E-state index < -0.39 is 0 Å². The first-order chi connectivity index (χ1) is 10.3. The van der Waals surface area contributed by atoms with Crippen LogP contribution in [-0.2, 0) is 6.54 Å². The zero-order chi connectivity index (χ0) is 14.5. The first-order valence-corrected chi connectivity index (χ1v) is 8.00. The van der Waals surface area contributed by atoms with Gasteiger partial charge >= 0.3 is 0 Å². The molecule has 2 aromatic rings. The molecule has 5 nitrogen and oxygen atoms in total. The molecule has 5 heteroatoms. The van der Waals surface area contributed by atoms with E-state index in [9.17, 15) is 5.11 Å². The fourth-order valence-electron chi connectivity index (χ4n) is 3.24. The number of nitrogens with one attached hydrogen (secondary N) is 1. The molecule has 2 heterocycles. The Morgan fingerprint density at radius 1 is 1.29 bits per heavy atom. The largest absolute Gasteiger partial charge is 0.393 e. The molecule has 2 unspecified atom stereocenters. The number of imidazole rings is 1. The minimum absolute atomic E-state index is 0.0661. The van der Waals surface area contributed by atoms with E-state index in [1.807, 2.05) is 22.9 Å². The van der Waals surface area contributed by atoms with E-state index in [1.54, 1.807) is 6.20 Å². The number of aliphatic hydroxyl groups is 1. The molecular formula is C16H24N4O. The van der Waals surface area contributed by atoms with Crippen LogP contribution in [0.15, 0.2) is 24.7 Å². The summed E-state index contributed by atoms with van der Waals surface area (Å²) in [4.78, 5) is 8.49. The third-order valence-electron chi connectivity index (χ3n) is 4.47. The van der Waals surface area contributed by atoms with E-state index in [2.05, 4.69) is 15.3 Å². The average molecular weight is 288 g/mol. The molecule has 114 valence electrons. The Morgan fingerprint density at radius 2 is 2.19 bits per heavy atom. The van der Waals surface area contributed by atoms with Gasteiger partial charge in [0.15, 0.2) is 0 Å². The zero-order valence-electron chi connectivity index (χ0n) is 12.4. The van der Waals surface area contributed by atoms with Crippen molar-refractivity contribution in [2.24, 2.45) is 5.92 Å². The molecule has 0 bridgehead atoms. The Bertz CT molecular complexity index is 568. The van der Waals surface area contributed by atoms with Crippen molar-refractivity contribution in [1.29, 1.82) is 0 Å². The van der Waals surface area contributed by atoms with Gasteiger partial charge in [-0.05, 0) is 44.2 Å². The minimum atomic E-state index is -0.0661. The zero-order valence-corrected chi connectivity index (χ0v) is 12.4. The van der Waals surface area contributed by atoms with Crippen LogP contribution in [0.5, 0.6) is 0 Å². The summed E-state index contributed by atoms with van der Waals surface area (Å²) in [5.41, 5.74) is 1.14. The molecule has 0 aromatic carbocycles. The van der Waals surface area contributed by atoms with Crippen molar-refractivity contribution in [1.82, 2.24) is 19.7 Å². The van der Waals surface area contributed by atoms with Crippen molar-refractivity contribution < 1.29 is 5.11 Å². The molecule has 0 spiro atoms. The van der Waals surface area contributed by atoms with Gasteiger partial charge in [0, 0.05) is 18.9 Å². The maximum absolute atomic E-state index is 9.96. The highest BCUT2D eigenvalue weighted by atomic mass is 16.3. The van der Waals surface area contributed by atoms with E-state index in [0.29, 0.717) is 5.92 Å². The first kappa shape index (κ1) is 14.5. The molecule has 2 N–H and O–H groups in total. The molecule has 1 saturated carbocycles. The fourth-order valence-corrected chi connectivity index (χ4v) is 3.24. The minimum Gasteiger partial charge on any atom is -0.393 e. The van der Waals surface area contributed by atoms with Gasteiger partial charge in [-0.2, -0.15) is 0 Å². The molecule has 1 fully saturated rings. The molecule has 0 aliphatic heterocycles. The summed E-state index contributed by atoms with van der Waals surface area (Å²) < 4.78 is 2.01. The molecule has 3 rings (SSSR count). The van der Waals surface area contributed by atoms with Crippen molar-refractivity contribution in [3.05, 3.63) is 30.4 Å². The number of hydrogen-bond acceptors (Lipinski definition) is 4. The third-order valence-corrected chi connectivity index (χ3v) is 4.47. The summed E-state index contributed by atoms with van der Waals surface area (Å²) in [6, 6.07) is 1.92. The summed E-state index contributed by atoms with van der Waals surface area (Å²) in [7, 11) is 0. The van der Waals surface area contributed by atoms with Gasteiger partial charge < -0.3 is 10.4 Å². The van der Waals surface area contributed by atoms with Crippen LogP contribution in [0.1, 0.15) is 44.2 Å². The Balaban J connectivity index is 1.40. The molecule has 0 amide bonds. The number of fused-ring (bicyclic) bond motifs is 1. The normalized spacial score (nSPS) is 22.7. The third kappa shape index (κ3) is 3.60. The SMILES string of the molecule is OC1CCCCC1CCCNCc1cnc2ncccn12.